The minimum atomic E-state index is -1.12. The van der Waals surface area contributed by atoms with Gasteiger partial charge in [0.05, 0.1) is 0 Å². The van der Waals surface area contributed by atoms with Crippen LogP contribution in [0.1, 0.15) is 130 Å². The molecule has 0 aromatic heterocycles. The number of hydrogen-bond acceptors (Lipinski definition) is 16. The number of unbranched alkanes of at least 4 members (excludes halogenated alkanes) is 2. The zero-order valence-corrected chi connectivity index (χ0v) is 49.5. The Bertz CT molecular complexity index is 2340. The standard InChI is InChI=1S/C29H45BN6O5S2.C21H32N6O5S2.ClH/c1-29(2,3)43-42-19-25(33-28(39)40-18-20-13-15-23(16-14-20)35-36-31)26(37)32-17-5-4-12-24-27(38)41-30(34-24)21-8-6-9-22(30)11-7-10-21;1-21(2,3)34-33-13-17(18(28)24-11-5-4-6-16(22)19(29)30)25-20(31)32-12-14-7-9-15(10-8-14)26-27-23;/h13-16,21-22,24-25H,4-12,17-19,34H2,1-3H3,(H,32,37)(H,33,39);7-10,16-17H,4-6,11-13,22H2,1-3H3,(H,24,28)(H,25,31)(H,29,30);1H/t21?,22?,24-,25-,30?;16-,17-;/m00./s1. The first-order valence-corrected chi connectivity index (χ1v) is 30.8. The highest BCUT2D eigenvalue weighted by Gasteiger charge is 2.59. The van der Waals surface area contributed by atoms with Crippen LogP contribution in [0.3, 0.4) is 0 Å². The first kappa shape index (κ1) is 67.4. The summed E-state index contributed by atoms with van der Waals surface area (Å²) in [5, 5.41) is 29.2. The number of ether oxygens (including phenoxy) is 2. The molecule has 3 saturated heterocycles. The topological polar surface area (TPSA) is 339 Å². The molecule has 3 aliphatic heterocycles. The average molecular weight is 1180 g/mol. The van der Waals surface area contributed by atoms with Gasteiger partial charge in [-0.2, -0.15) is 0 Å². The number of alkyl carbamates (subject to hydrolysis) is 2. The van der Waals surface area contributed by atoms with Gasteiger partial charge < -0.3 is 51.5 Å². The number of quaternary nitrogens is 1. The van der Waals surface area contributed by atoms with E-state index >= 15 is 0 Å². The molecule has 0 aliphatic carbocycles. The Balaban J connectivity index is 0.000000417. The van der Waals surface area contributed by atoms with Crippen LogP contribution < -0.4 is 32.2 Å². The smallest absolute Gasteiger partial charge is 0.408 e. The summed E-state index contributed by atoms with van der Waals surface area (Å²) in [4.78, 5) is 79.6. The van der Waals surface area contributed by atoms with Crippen molar-refractivity contribution in [3.63, 3.8) is 0 Å². The largest absolute Gasteiger partial charge is 0.634 e. The maximum absolute atomic E-state index is 13.1. The van der Waals surface area contributed by atoms with Crippen LogP contribution in [0.4, 0.5) is 21.0 Å². The molecule has 3 fully saturated rings. The maximum atomic E-state index is 13.1. The predicted octanol–water partition coefficient (Wildman–Crippen LogP) is 10.3. The second kappa shape index (κ2) is 34.3. The number of rotatable bonds is 27. The molecular formula is C50H78BClN12O10S4. The molecule has 0 saturated carbocycles. The molecule has 3 aliphatic rings. The third kappa shape index (κ3) is 24.7. The summed E-state index contributed by atoms with van der Waals surface area (Å²) in [6.45, 7) is 12.1. The molecule has 4 amide bonds. The number of aliphatic carboxylic acids is 1. The van der Waals surface area contributed by atoms with Gasteiger partial charge in [-0.1, -0.05) is 194 Å². The number of nitrogens with zero attached hydrogens (tertiary/aromatic N) is 6. The van der Waals surface area contributed by atoms with E-state index in [0.717, 1.165) is 24.8 Å². The average Bonchev–Trinajstić information content (AvgIpc) is 3.73. The number of halogens is 1. The van der Waals surface area contributed by atoms with Crippen LogP contribution in [0.25, 0.3) is 20.9 Å². The van der Waals surface area contributed by atoms with E-state index in [2.05, 4.69) is 88.1 Å². The number of nitrogens with two attached hydrogens (primary N) is 2. The van der Waals surface area contributed by atoms with E-state index in [1.165, 1.54) is 60.1 Å². The lowest BCUT2D eigenvalue weighted by atomic mass is 9.28. The lowest BCUT2D eigenvalue weighted by Gasteiger charge is -2.50. The van der Waals surface area contributed by atoms with Crippen molar-refractivity contribution in [2.75, 3.05) is 24.6 Å². The number of carbonyl (C=O) groups excluding carboxylic acids is 5. The molecule has 9 N–H and O–H groups in total. The summed E-state index contributed by atoms with van der Waals surface area (Å²) in [7, 11) is 6.25. The van der Waals surface area contributed by atoms with E-state index in [1.807, 2.05) is 0 Å². The van der Waals surface area contributed by atoms with Gasteiger partial charge in [0.1, 0.15) is 37.4 Å². The highest BCUT2D eigenvalue weighted by molar-refractivity contribution is 8.77. The quantitative estimate of drug-likeness (QED) is 0.0109. The SMILES string of the molecule is CC(C)(C)SSC[C@H](NC(=O)OCc1ccc(N=[N+]=[N-])cc1)C(=O)NCCCC[C@@H]1[NH2+][B-]2(OC1=O)C1CCCC2CCC1.CC(C)(C)SSC[C@H](NC(=O)OCc1ccc(N=[N+]=[N-])cc1)C(=O)NCCCC[C@H](N)C(=O)O.Cl. The lowest BCUT2D eigenvalue weighted by Crippen LogP contribution is -3.03. The molecule has 3 heterocycles. The molecule has 22 nitrogen and oxygen atoms in total. The predicted molar refractivity (Wildman–Crippen MR) is 314 cm³/mol. The normalized spacial score (nSPS) is 19.5. The number of azide groups is 2. The fourth-order valence-corrected chi connectivity index (χ4v) is 14.2. The summed E-state index contributed by atoms with van der Waals surface area (Å²) in [5.41, 5.74) is 24.8. The van der Waals surface area contributed by atoms with Crippen molar-refractivity contribution in [3.8, 4) is 0 Å². The van der Waals surface area contributed by atoms with E-state index in [4.69, 9.17) is 36.0 Å². The number of benzene rings is 2. The first-order valence-electron chi connectivity index (χ1n) is 26.2. The number of nitrogens with one attached hydrogen (secondary N) is 4. The molecular weight excluding hydrogens is 1100 g/mol. The monoisotopic (exact) mass is 1180 g/mol. The Morgan fingerprint density at radius 1 is 0.744 bits per heavy atom. The molecule has 28 heteroatoms. The van der Waals surface area contributed by atoms with E-state index in [0.29, 0.717) is 72.4 Å². The van der Waals surface area contributed by atoms with E-state index in [1.54, 1.807) is 70.1 Å². The third-order valence-electron chi connectivity index (χ3n) is 13.0. The van der Waals surface area contributed by atoms with Gasteiger partial charge in [-0.15, -0.1) is 12.4 Å². The van der Waals surface area contributed by atoms with Crippen molar-refractivity contribution in [3.05, 3.63) is 80.5 Å². The number of carbonyl (C=O) groups is 6. The summed E-state index contributed by atoms with van der Waals surface area (Å²) < 4.78 is 16.7. The van der Waals surface area contributed by atoms with Crippen molar-refractivity contribution in [2.45, 2.75) is 177 Å². The zero-order valence-electron chi connectivity index (χ0n) is 45.4. The van der Waals surface area contributed by atoms with Crippen LogP contribution in [0.2, 0.25) is 11.6 Å². The molecule has 0 unspecified atom stereocenters. The minimum absolute atomic E-state index is 0. The van der Waals surface area contributed by atoms with Crippen LogP contribution in [0.5, 0.6) is 0 Å². The Hall–Kier alpha value is -4.85. The van der Waals surface area contributed by atoms with Crippen LogP contribution in [-0.2, 0) is 46.5 Å². The second-order valence-corrected chi connectivity index (χ2v) is 27.7. The number of carboxylic acids is 1. The van der Waals surface area contributed by atoms with E-state index in [-0.39, 0.29) is 58.9 Å². The zero-order chi connectivity index (χ0) is 56.4. The van der Waals surface area contributed by atoms with Crippen molar-refractivity contribution >= 4 is 109 Å². The minimum Gasteiger partial charge on any atom is -0.634 e. The number of carboxylic acid groups (broad SMARTS) is 1. The second-order valence-electron chi connectivity index (χ2n) is 21.3. The molecule has 78 heavy (non-hydrogen) atoms. The van der Waals surface area contributed by atoms with Crippen LogP contribution in [0.15, 0.2) is 58.8 Å². The van der Waals surface area contributed by atoms with Crippen molar-refractivity contribution < 1.29 is 53.2 Å². The lowest BCUT2D eigenvalue weighted by molar-refractivity contribution is -0.560. The molecule has 2 aromatic rings. The van der Waals surface area contributed by atoms with Gasteiger partial charge >= 0.3 is 30.6 Å². The molecule has 4 atom stereocenters. The molecule has 432 valence electrons. The van der Waals surface area contributed by atoms with Crippen molar-refractivity contribution in [1.82, 2.24) is 21.3 Å². The van der Waals surface area contributed by atoms with Gasteiger partial charge in [0.2, 0.25) is 11.8 Å². The van der Waals surface area contributed by atoms with Gasteiger partial charge in [0.15, 0.2) is 0 Å². The number of hydrogen-bond donors (Lipinski definition) is 7. The van der Waals surface area contributed by atoms with E-state index < -0.39 is 42.8 Å². The highest BCUT2D eigenvalue weighted by Crippen LogP contribution is 2.51. The molecule has 2 bridgehead atoms. The van der Waals surface area contributed by atoms with Gasteiger partial charge in [-0.05, 0) is 54.3 Å². The molecule has 2 aromatic carbocycles. The van der Waals surface area contributed by atoms with Gasteiger partial charge in [-0.25, -0.2) is 9.59 Å². The Morgan fingerprint density at radius 2 is 1.17 bits per heavy atom. The van der Waals surface area contributed by atoms with Crippen molar-refractivity contribution in [1.29, 1.82) is 0 Å². The first-order chi connectivity index (χ1) is 36.6. The van der Waals surface area contributed by atoms with E-state index in [9.17, 15) is 28.8 Å². The maximum Gasteiger partial charge on any atom is 0.408 e. The Labute approximate surface area is 479 Å². The number of amides is 4. The summed E-state index contributed by atoms with van der Waals surface area (Å²) in [5.74, 6) is 0.0957. The molecule has 0 radical (unpaired) electrons. The molecule has 1 spiro atoms. The van der Waals surface area contributed by atoms with Crippen LogP contribution >= 0.6 is 55.6 Å². The summed E-state index contributed by atoms with van der Waals surface area (Å²) in [6, 6.07) is 10.6. The fourth-order valence-electron chi connectivity index (χ4n) is 9.27. The Morgan fingerprint density at radius 3 is 1.56 bits per heavy atom. The van der Waals surface area contributed by atoms with Gasteiger partial charge in [0, 0.05) is 61.7 Å². The fraction of sp³-hybridized carbons (Fsp3) is 0.640. The third-order valence-corrected chi connectivity index (χ3v) is 19.7. The van der Waals surface area contributed by atoms with Crippen LogP contribution in [0, 0.1) is 0 Å². The Kier molecular flexibility index (Phi) is 29.7. The van der Waals surface area contributed by atoms with Crippen molar-refractivity contribution in [2.24, 2.45) is 16.0 Å². The molecule has 5 rings (SSSR count). The van der Waals surface area contributed by atoms with Crippen LogP contribution in [-0.4, -0.2) is 106 Å². The van der Waals surface area contributed by atoms with Gasteiger partial charge in [-0.3, -0.25) is 19.2 Å². The summed E-state index contributed by atoms with van der Waals surface area (Å²) in [6.07, 6.45) is 9.56. The highest BCUT2D eigenvalue weighted by atomic mass is 35.5. The summed E-state index contributed by atoms with van der Waals surface area (Å²) >= 11 is 0. The van der Waals surface area contributed by atoms with Gasteiger partial charge in [0.25, 0.3) is 0 Å².